The van der Waals surface area contributed by atoms with Crippen molar-refractivity contribution < 1.29 is 22.5 Å². The molecule has 0 aliphatic heterocycles. The Morgan fingerprint density at radius 1 is 1.32 bits per heavy atom. The molecule has 2 N–H and O–H groups in total. The third-order valence-electron chi connectivity index (χ3n) is 2.95. The molecule has 0 saturated heterocycles. The molecule has 0 unspecified atom stereocenters. The maximum Gasteiger partial charge on any atom is 0.335 e. The second-order valence-electron chi connectivity index (χ2n) is 4.77. The summed E-state index contributed by atoms with van der Waals surface area (Å²) in [6.45, 7) is 1.66. The molecule has 2 amide bonds. The fourth-order valence-corrected chi connectivity index (χ4v) is 2.87. The molecule has 0 radical (unpaired) electrons. The summed E-state index contributed by atoms with van der Waals surface area (Å²) in [6.07, 6.45) is 1.38. The van der Waals surface area contributed by atoms with Gasteiger partial charge in [0.05, 0.1) is 7.11 Å². The second-order valence-corrected chi connectivity index (χ2v) is 6.37. The van der Waals surface area contributed by atoms with Crippen LogP contribution in [-0.2, 0) is 10.0 Å². The topological polar surface area (TPSA) is 149 Å². The van der Waals surface area contributed by atoms with Gasteiger partial charge in [-0.05, 0) is 19.1 Å². The van der Waals surface area contributed by atoms with Gasteiger partial charge in [0, 0.05) is 18.0 Å². The van der Waals surface area contributed by atoms with E-state index in [4.69, 9.17) is 9.26 Å². The highest BCUT2D eigenvalue weighted by Gasteiger charge is 2.26. The summed E-state index contributed by atoms with van der Waals surface area (Å²) >= 11 is 0. The normalized spacial score (nSPS) is 11.3. The van der Waals surface area contributed by atoms with Crippen molar-refractivity contribution in [2.45, 2.75) is 11.9 Å². The van der Waals surface area contributed by atoms with Gasteiger partial charge < -0.3 is 9.26 Å². The van der Waals surface area contributed by atoms with Crippen LogP contribution in [0.1, 0.15) is 5.69 Å². The van der Waals surface area contributed by atoms with Crippen molar-refractivity contribution in [2.24, 2.45) is 0 Å². The van der Waals surface area contributed by atoms with Crippen molar-refractivity contribution in [2.75, 3.05) is 12.4 Å². The molecule has 0 aliphatic rings. The van der Waals surface area contributed by atoms with Crippen LogP contribution in [0.5, 0.6) is 5.88 Å². The average Bonchev–Trinajstić information content (AvgIpc) is 2.98. The Kier molecular flexibility index (Phi) is 4.19. The van der Waals surface area contributed by atoms with Crippen molar-refractivity contribution in [3.8, 4) is 5.88 Å². The summed E-state index contributed by atoms with van der Waals surface area (Å²) in [6, 6.07) is 3.54. The highest BCUT2D eigenvalue weighted by Crippen LogP contribution is 2.19. The number of amides is 2. The minimum absolute atomic E-state index is 0.0104. The highest BCUT2D eigenvalue weighted by atomic mass is 32.2. The number of carbonyl (C=O) groups is 1. The van der Waals surface area contributed by atoms with E-state index >= 15 is 0 Å². The molecule has 0 saturated carbocycles. The number of hydrogen-bond donors (Lipinski definition) is 2. The number of fused-ring (bicyclic) bond motifs is 1. The molecule has 0 spiro atoms. The van der Waals surface area contributed by atoms with E-state index in [1.165, 1.54) is 19.4 Å². The van der Waals surface area contributed by atoms with Crippen LogP contribution in [-0.4, -0.2) is 41.7 Å². The molecule has 11 nitrogen and oxygen atoms in total. The van der Waals surface area contributed by atoms with E-state index in [1.54, 1.807) is 23.8 Å². The summed E-state index contributed by atoms with van der Waals surface area (Å²) in [4.78, 5) is 23.7. The van der Waals surface area contributed by atoms with Gasteiger partial charge in [-0.25, -0.2) is 19.5 Å². The summed E-state index contributed by atoms with van der Waals surface area (Å²) in [5.41, 5.74) is 0.711. The maximum atomic E-state index is 12.3. The van der Waals surface area contributed by atoms with Gasteiger partial charge in [-0.15, -0.1) is 0 Å². The fraction of sp³-hybridized carbons (Fsp3) is 0.154. The minimum Gasteiger partial charge on any atom is -0.481 e. The van der Waals surface area contributed by atoms with Crippen LogP contribution in [0.2, 0.25) is 0 Å². The lowest BCUT2D eigenvalue weighted by molar-refractivity contribution is 0.256. The third-order valence-corrected chi connectivity index (χ3v) is 4.18. The third kappa shape index (κ3) is 3.47. The zero-order valence-corrected chi connectivity index (χ0v) is 13.9. The monoisotopic (exact) mass is 364 g/mol. The molecular formula is C13H12N6O5S. The minimum atomic E-state index is -4.30. The SMILES string of the molecule is COc1cc(C)nc(NC(=O)NS(=O)(=O)c2noc3cccnc23)n1. The molecule has 3 rings (SSSR count). The lowest BCUT2D eigenvalue weighted by Crippen LogP contribution is -2.35. The van der Waals surface area contributed by atoms with Crippen LogP contribution in [0.15, 0.2) is 33.9 Å². The lowest BCUT2D eigenvalue weighted by Gasteiger charge is -2.07. The quantitative estimate of drug-likeness (QED) is 0.686. The van der Waals surface area contributed by atoms with Crippen molar-refractivity contribution in [1.29, 1.82) is 0 Å². The van der Waals surface area contributed by atoms with E-state index in [0.717, 1.165) is 0 Å². The van der Waals surface area contributed by atoms with Crippen LogP contribution < -0.4 is 14.8 Å². The van der Waals surface area contributed by atoms with E-state index in [9.17, 15) is 13.2 Å². The molecule has 0 atom stereocenters. The fourth-order valence-electron chi connectivity index (χ4n) is 1.93. The van der Waals surface area contributed by atoms with Crippen LogP contribution in [0.25, 0.3) is 11.1 Å². The standard InChI is InChI=1S/C13H12N6O5S/c1-7-6-9(23-2)16-12(15-7)17-13(20)19-25(21,22)11-10-8(24-18-11)4-3-5-14-10/h3-6H,1-2H3,(H2,15,16,17,19,20). The zero-order valence-electron chi connectivity index (χ0n) is 13.0. The Morgan fingerprint density at radius 3 is 2.88 bits per heavy atom. The molecule has 0 bridgehead atoms. The van der Waals surface area contributed by atoms with Crippen LogP contribution in [0.3, 0.4) is 0 Å². The van der Waals surface area contributed by atoms with Crippen molar-refractivity contribution in [3.63, 3.8) is 0 Å². The van der Waals surface area contributed by atoms with Crippen molar-refractivity contribution >= 4 is 33.1 Å². The number of aryl methyl sites for hydroxylation is 1. The van der Waals surface area contributed by atoms with Crippen LogP contribution in [0.4, 0.5) is 10.7 Å². The molecule has 3 heterocycles. The Morgan fingerprint density at radius 2 is 2.12 bits per heavy atom. The Labute approximate surface area is 141 Å². The maximum absolute atomic E-state index is 12.3. The summed E-state index contributed by atoms with van der Waals surface area (Å²) in [5.74, 6) is 0.102. The van der Waals surface area contributed by atoms with E-state index in [2.05, 4.69) is 25.4 Å². The van der Waals surface area contributed by atoms with Gasteiger partial charge in [0.25, 0.3) is 10.0 Å². The Bertz CT molecular complexity index is 1050. The summed E-state index contributed by atoms with van der Waals surface area (Å²) in [5, 5.41) is 5.16. The van der Waals surface area contributed by atoms with Gasteiger partial charge in [0.1, 0.15) is 0 Å². The smallest absolute Gasteiger partial charge is 0.335 e. The highest BCUT2D eigenvalue weighted by molar-refractivity contribution is 7.90. The number of methoxy groups -OCH3 is 1. The van der Waals surface area contributed by atoms with E-state index in [-0.39, 0.29) is 22.9 Å². The molecule has 0 fully saturated rings. The first-order valence-corrected chi connectivity index (χ1v) is 8.31. The first-order chi connectivity index (χ1) is 11.9. The molecule has 3 aromatic heterocycles. The van der Waals surface area contributed by atoms with Crippen LogP contribution in [0, 0.1) is 6.92 Å². The van der Waals surface area contributed by atoms with Gasteiger partial charge in [0.2, 0.25) is 16.9 Å². The van der Waals surface area contributed by atoms with Crippen molar-refractivity contribution in [1.82, 2.24) is 24.8 Å². The number of rotatable bonds is 4. The summed E-state index contributed by atoms with van der Waals surface area (Å²) in [7, 11) is -2.90. The Hall–Kier alpha value is -3.28. The largest absolute Gasteiger partial charge is 0.481 e. The van der Waals surface area contributed by atoms with Gasteiger partial charge in [-0.2, -0.15) is 13.4 Å². The van der Waals surface area contributed by atoms with Crippen molar-refractivity contribution in [3.05, 3.63) is 30.1 Å². The molecule has 25 heavy (non-hydrogen) atoms. The average molecular weight is 364 g/mol. The number of sulfonamides is 1. The number of carbonyl (C=O) groups excluding carboxylic acids is 1. The molecule has 3 aromatic rings. The predicted octanol–water partition coefficient (Wildman–Crippen LogP) is 0.840. The van der Waals surface area contributed by atoms with E-state index in [1.807, 2.05) is 0 Å². The lowest BCUT2D eigenvalue weighted by atomic mass is 10.4. The first-order valence-electron chi connectivity index (χ1n) is 6.83. The zero-order chi connectivity index (χ0) is 18.0. The van der Waals surface area contributed by atoms with Gasteiger partial charge >= 0.3 is 6.03 Å². The number of ether oxygens (including phenoxy) is 1. The first kappa shape index (κ1) is 16.6. The molecule has 12 heteroatoms. The molecular weight excluding hydrogens is 352 g/mol. The van der Waals surface area contributed by atoms with Gasteiger partial charge in [-0.1, -0.05) is 5.16 Å². The molecule has 0 aliphatic carbocycles. The van der Waals surface area contributed by atoms with Crippen LogP contribution >= 0.6 is 0 Å². The molecule has 0 aromatic carbocycles. The predicted molar refractivity (Wildman–Crippen MR) is 84.5 cm³/mol. The number of anilines is 1. The number of aromatic nitrogens is 4. The number of urea groups is 1. The van der Waals surface area contributed by atoms with E-state index < -0.39 is 21.1 Å². The van der Waals surface area contributed by atoms with E-state index in [0.29, 0.717) is 5.69 Å². The van der Waals surface area contributed by atoms with Gasteiger partial charge in [0.15, 0.2) is 11.1 Å². The number of nitrogens with zero attached hydrogens (tertiary/aromatic N) is 4. The number of nitrogens with one attached hydrogen (secondary N) is 2. The number of pyridine rings is 1. The molecule has 130 valence electrons. The Balaban J connectivity index is 1.81. The summed E-state index contributed by atoms with van der Waals surface area (Å²) < 4.78 is 36.2. The number of hydrogen-bond acceptors (Lipinski definition) is 9. The second kappa shape index (κ2) is 6.32. The van der Waals surface area contributed by atoms with Gasteiger partial charge in [-0.3, -0.25) is 5.32 Å².